The number of aromatic amines is 1. The van der Waals surface area contributed by atoms with Gasteiger partial charge in [0.1, 0.15) is 5.01 Å². The normalized spacial score (nSPS) is 21.8. The molecule has 1 aliphatic heterocycles. The Morgan fingerprint density at radius 2 is 1.94 bits per heavy atom. The van der Waals surface area contributed by atoms with Gasteiger partial charge in [-0.25, -0.2) is 9.78 Å². The van der Waals surface area contributed by atoms with Gasteiger partial charge >= 0.3 is 11.9 Å². The van der Waals surface area contributed by atoms with Gasteiger partial charge in [0.25, 0.3) is 5.56 Å². The third kappa shape index (κ3) is 4.58. The first-order valence-corrected chi connectivity index (χ1v) is 11.7. The molecule has 0 spiro atoms. The van der Waals surface area contributed by atoms with Crippen LogP contribution < -0.4 is 11.2 Å². The molecule has 0 radical (unpaired) electrons. The van der Waals surface area contributed by atoms with E-state index in [4.69, 9.17) is 0 Å². The number of hydrogen-bond acceptors (Lipinski definition) is 5. The molecule has 0 unspecified atom stereocenters. The maximum Gasteiger partial charge on any atom is 0.416 e. The van der Waals surface area contributed by atoms with Crippen molar-refractivity contribution in [1.82, 2.24) is 19.4 Å². The Balaban J connectivity index is 0.00000274. The van der Waals surface area contributed by atoms with Crippen molar-refractivity contribution < 1.29 is 13.2 Å². The Labute approximate surface area is 203 Å². The molecule has 1 N–H and O–H groups in total. The Bertz CT molecular complexity index is 1300. The summed E-state index contributed by atoms with van der Waals surface area (Å²) in [6, 6.07) is 5.58. The van der Waals surface area contributed by atoms with Crippen LogP contribution in [-0.2, 0) is 18.1 Å². The van der Waals surface area contributed by atoms with E-state index >= 15 is 0 Å². The predicted octanol–water partition coefficient (Wildman–Crippen LogP) is 4.07. The fourth-order valence-electron chi connectivity index (χ4n) is 4.97. The molecule has 2 atom stereocenters. The zero-order chi connectivity index (χ0) is 23.4. The van der Waals surface area contributed by atoms with Gasteiger partial charge in [-0.3, -0.25) is 14.3 Å². The molecule has 182 valence electrons. The van der Waals surface area contributed by atoms with Gasteiger partial charge in [0.05, 0.1) is 11.1 Å². The summed E-state index contributed by atoms with van der Waals surface area (Å²) < 4.78 is 40.1. The number of aromatic nitrogens is 3. The molecule has 1 aliphatic carbocycles. The largest absolute Gasteiger partial charge is 0.416 e. The summed E-state index contributed by atoms with van der Waals surface area (Å²) in [5.74, 6) is 0.463. The van der Waals surface area contributed by atoms with E-state index in [-0.39, 0.29) is 17.8 Å². The molecule has 6 nitrogen and oxygen atoms in total. The predicted molar refractivity (Wildman–Crippen MR) is 127 cm³/mol. The molecule has 34 heavy (non-hydrogen) atoms. The fourth-order valence-corrected chi connectivity index (χ4v) is 5.77. The van der Waals surface area contributed by atoms with Crippen LogP contribution in [0, 0.1) is 12.8 Å². The van der Waals surface area contributed by atoms with Crippen LogP contribution in [0.1, 0.15) is 29.7 Å². The number of alkyl halides is 3. The minimum Gasteiger partial charge on any atom is -0.302 e. The molecule has 1 aromatic carbocycles. The van der Waals surface area contributed by atoms with Crippen molar-refractivity contribution in [2.24, 2.45) is 5.92 Å². The molecule has 0 amide bonds. The van der Waals surface area contributed by atoms with E-state index in [1.165, 1.54) is 28.0 Å². The van der Waals surface area contributed by atoms with E-state index in [2.05, 4.69) is 14.9 Å². The van der Waals surface area contributed by atoms with Gasteiger partial charge in [0.15, 0.2) is 0 Å². The molecule has 3 aromatic rings. The SMILES string of the molecule is Cc1csc(-c2cn(CCCN3C[C@@H]4C[C@]4(c4ccc(C(F)(F)F)cc4)C3)c(=O)[nH]c2=O)n1.Cl. The second-order valence-electron chi connectivity index (χ2n) is 9.01. The molecular weight excluding hydrogens is 489 g/mol. The Kier molecular flexibility index (Phi) is 6.52. The molecular formula is C23H24ClF3N4O2S. The molecule has 2 aliphatic rings. The number of benzene rings is 1. The van der Waals surface area contributed by atoms with Crippen LogP contribution in [0.15, 0.2) is 45.4 Å². The van der Waals surface area contributed by atoms with Crippen LogP contribution in [0.5, 0.6) is 0 Å². The summed E-state index contributed by atoms with van der Waals surface area (Å²) in [4.78, 5) is 33.5. The van der Waals surface area contributed by atoms with Crippen LogP contribution >= 0.6 is 23.7 Å². The number of thiazole rings is 1. The van der Waals surface area contributed by atoms with Crippen molar-refractivity contribution in [3.8, 4) is 10.6 Å². The number of halogens is 4. The zero-order valence-electron chi connectivity index (χ0n) is 18.4. The first-order valence-electron chi connectivity index (χ1n) is 10.8. The summed E-state index contributed by atoms with van der Waals surface area (Å²) in [6.07, 6.45) is -1.02. The number of fused-ring (bicyclic) bond motifs is 1. The molecule has 3 heterocycles. The van der Waals surface area contributed by atoms with Crippen molar-refractivity contribution in [2.75, 3.05) is 19.6 Å². The molecule has 1 saturated heterocycles. The number of aryl methyl sites for hydroxylation is 2. The Morgan fingerprint density at radius 3 is 2.59 bits per heavy atom. The maximum atomic E-state index is 12.9. The molecule has 11 heteroatoms. The number of nitrogens with zero attached hydrogens (tertiary/aromatic N) is 3. The average Bonchev–Trinajstić information content (AvgIpc) is 3.09. The lowest BCUT2D eigenvalue weighted by Crippen LogP contribution is -2.32. The van der Waals surface area contributed by atoms with Gasteiger partial charge in [-0.15, -0.1) is 23.7 Å². The summed E-state index contributed by atoms with van der Waals surface area (Å²) >= 11 is 1.36. The first kappa shape index (κ1) is 24.7. The monoisotopic (exact) mass is 512 g/mol. The fraction of sp³-hybridized carbons (Fsp3) is 0.435. The summed E-state index contributed by atoms with van der Waals surface area (Å²) in [6.45, 7) is 4.80. The zero-order valence-corrected chi connectivity index (χ0v) is 20.0. The van der Waals surface area contributed by atoms with Crippen molar-refractivity contribution in [3.05, 3.63) is 73.5 Å². The number of H-pyrrole nitrogens is 1. The van der Waals surface area contributed by atoms with E-state index < -0.39 is 23.0 Å². The lowest BCUT2D eigenvalue weighted by atomic mass is 9.94. The second-order valence-corrected chi connectivity index (χ2v) is 9.87. The summed E-state index contributed by atoms with van der Waals surface area (Å²) in [5.41, 5.74) is 0.635. The molecule has 1 saturated carbocycles. The molecule has 2 aromatic heterocycles. The Hall–Kier alpha value is -2.43. The summed E-state index contributed by atoms with van der Waals surface area (Å²) in [7, 11) is 0. The number of likely N-dealkylation sites (tertiary alicyclic amines) is 1. The number of rotatable bonds is 6. The third-order valence-corrected chi connectivity index (χ3v) is 7.73. The highest BCUT2D eigenvalue weighted by molar-refractivity contribution is 7.13. The van der Waals surface area contributed by atoms with Crippen molar-refractivity contribution in [2.45, 2.75) is 37.9 Å². The van der Waals surface area contributed by atoms with Crippen molar-refractivity contribution >= 4 is 23.7 Å². The van der Waals surface area contributed by atoms with Crippen LogP contribution in [0.25, 0.3) is 10.6 Å². The van der Waals surface area contributed by atoms with Gasteiger partial charge in [0.2, 0.25) is 0 Å². The van der Waals surface area contributed by atoms with Crippen molar-refractivity contribution in [1.29, 1.82) is 0 Å². The van der Waals surface area contributed by atoms with Crippen LogP contribution in [-0.4, -0.2) is 39.1 Å². The Morgan fingerprint density at radius 1 is 1.21 bits per heavy atom. The van der Waals surface area contributed by atoms with E-state index in [0.29, 0.717) is 23.0 Å². The van der Waals surface area contributed by atoms with E-state index in [1.54, 1.807) is 18.3 Å². The van der Waals surface area contributed by atoms with Gasteiger partial charge in [-0.2, -0.15) is 13.2 Å². The van der Waals surface area contributed by atoms with Crippen LogP contribution in [0.4, 0.5) is 13.2 Å². The summed E-state index contributed by atoms with van der Waals surface area (Å²) in [5, 5.41) is 2.44. The van der Waals surface area contributed by atoms with Gasteiger partial charge in [-0.05, 0) is 49.9 Å². The highest BCUT2D eigenvalue weighted by atomic mass is 35.5. The van der Waals surface area contributed by atoms with E-state index in [1.807, 2.05) is 12.3 Å². The number of piperidine rings is 1. The quantitative estimate of drug-likeness (QED) is 0.540. The molecule has 0 bridgehead atoms. The van der Waals surface area contributed by atoms with Gasteiger partial charge in [0, 0.05) is 42.3 Å². The minimum absolute atomic E-state index is 0. The topological polar surface area (TPSA) is 71.0 Å². The van der Waals surface area contributed by atoms with E-state index in [9.17, 15) is 22.8 Å². The lowest BCUT2D eigenvalue weighted by molar-refractivity contribution is -0.137. The van der Waals surface area contributed by atoms with E-state index in [0.717, 1.165) is 43.7 Å². The van der Waals surface area contributed by atoms with Gasteiger partial charge < -0.3 is 4.90 Å². The number of hydrogen-bond donors (Lipinski definition) is 1. The van der Waals surface area contributed by atoms with Crippen LogP contribution in [0.3, 0.4) is 0 Å². The first-order chi connectivity index (χ1) is 15.7. The smallest absolute Gasteiger partial charge is 0.302 e. The van der Waals surface area contributed by atoms with Crippen LogP contribution in [0.2, 0.25) is 0 Å². The van der Waals surface area contributed by atoms with Gasteiger partial charge in [-0.1, -0.05) is 12.1 Å². The van der Waals surface area contributed by atoms with Crippen molar-refractivity contribution in [3.63, 3.8) is 0 Å². The standard InChI is InChI=1S/C23H23F3N4O2S.ClH/c1-14-12-33-20(27-14)18-11-30(21(32)28-19(18)31)8-2-7-29-10-17-9-22(17,13-29)15-3-5-16(6-4-15)23(24,25)26;/h3-6,11-12,17H,2,7-10,13H2,1H3,(H,28,31,32);1H/t17-,22+;/m0./s1. The lowest BCUT2D eigenvalue weighted by Gasteiger charge is -2.21. The second kappa shape index (κ2) is 8.98. The highest BCUT2D eigenvalue weighted by Gasteiger charge is 2.60. The molecule has 2 fully saturated rings. The molecule has 5 rings (SSSR count). The minimum atomic E-state index is -4.32. The number of nitrogens with one attached hydrogen (secondary N) is 1. The third-order valence-electron chi connectivity index (χ3n) is 6.74. The highest BCUT2D eigenvalue weighted by Crippen LogP contribution is 2.59. The maximum absolute atomic E-state index is 12.9. The average molecular weight is 513 g/mol.